The second-order valence-corrected chi connectivity index (χ2v) is 4.56. The first kappa shape index (κ1) is 15.1. The largest absolute Gasteiger partial charge is 0.326 e. The van der Waals surface area contributed by atoms with Crippen LogP contribution in [0.15, 0.2) is 0 Å². The second-order valence-electron chi connectivity index (χ2n) is 3.73. The molecule has 2 unspecified atom stereocenters. The molecular formula is C10H24NO3P. The van der Waals surface area contributed by atoms with E-state index in [1.165, 1.54) is 25.7 Å². The van der Waals surface area contributed by atoms with Crippen LogP contribution >= 0.6 is 8.25 Å². The van der Waals surface area contributed by atoms with Crippen molar-refractivity contribution in [2.45, 2.75) is 39.5 Å². The lowest BCUT2D eigenvalue weighted by Gasteiger charge is -2.14. The van der Waals surface area contributed by atoms with Gasteiger partial charge in [0.25, 0.3) is 0 Å². The third-order valence-corrected chi connectivity index (χ3v) is 2.93. The molecular weight excluding hydrogens is 213 g/mol. The van der Waals surface area contributed by atoms with Crippen LogP contribution in [0.25, 0.3) is 0 Å². The summed E-state index contributed by atoms with van der Waals surface area (Å²) in [6.45, 7) is 6.35. The van der Waals surface area contributed by atoms with E-state index in [4.69, 9.17) is 4.89 Å². The Kier molecular flexibility index (Phi) is 10.7. The third kappa shape index (κ3) is 10.4. The molecule has 0 bridgehead atoms. The maximum atomic E-state index is 10.2. The van der Waals surface area contributed by atoms with Crippen LogP contribution in [0.1, 0.15) is 39.5 Å². The molecule has 15 heavy (non-hydrogen) atoms. The maximum Gasteiger partial charge on any atom is 0.316 e. The SMILES string of the molecule is CCCCC(CC)CNCCO[PH](=O)O. The molecule has 0 aliphatic rings. The number of hydrogen-bond donors (Lipinski definition) is 2. The van der Waals surface area contributed by atoms with Crippen LogP contribution in [0.5, 0.6) is 0 Å². The maximum absolute atomic E-state index is 10.2. The summed E-state index contributed by atoms with van der Waals surface area (Å²) in [6.07, 6.45) is 4.97. The Labute approximate surface area is 93.4 Å². The van der Waals surface area contributed by atoms with Crippen LogP contribution in [0, 0.1) is 5.92 Å². The van der Waals surface area contributed by atoms with Gasteiger partial charge in [0.1, 0.15) is 0 Å². The molecule has 0 saturated heterocycles. The highest BCUT2D eigenvalue weighted by atomic mass is 31.1. The number of hydrogen-bond acceptors (Lipinski definition) is 3. The van der Waals surface area contributed by atoms with Crippen LogP contribution in [0.4, 0.5) is 0 Å². The summed E-state index contributed by atoms with van der Waals surface area (Å²) in [7, 11) is -2.74. The molecule has 0 saturated carbocycles. The predicted octanol–water partition coefficient (Wildman–Crippen LogP) is 2.19. The van der Waals surface area contributed by atoms with Gasteiger partial charge in [-0.3, -0.25) is 4.57 Å². The summed E-state index contributed by atoms with van der Waals surface area (Å²) in [5.74, 6) is 0.719. The Hall–Kier alpha value is 0.110. The van der Waals surface area contributed by atoms with Crippen LogP contribution in [-0.2, 0) is 9.09 Å². The van der Waals surface area contributed by atoms with Crippen molar-refractivity contribution in [2.24, 2.45) is 5.92 Å². The lowest BCUT2D eigenvalue weighted by molar-refractivity contribution is 0.276. The van der Waals surface area contributed by atoms with E-state index in [9.17, 15) is 4.57 Å². The van der Waals surface area contributed by atoms with Crippen molar-refractivity contribution in [1.29, 1.82) is 0 Å². The van der Waals surface area contributed by atoms with Gasteiger partial charge < -0.3 is 14.7 Å². The Morgan fingerprint density at radius 2 is 2.20 bits per heavy atom. The molecule has 4 nitrogen and oxygen atoms in total. The highest BCUT2D eigenvalue weighted by Gasteiger charge is 2.04. The zero-order valence-corrected chi connectivity index (χ0v) is 10.8. The summed E-state index contributed by atoms with van der Waals surface area (Å²) in [6, 6.07) is 0. The molecule has 0 heterocycles. The van der Waals surface area contributed by atoms with Crippen LogP contribution in [0.2, 0.25) is 0 Å². The minimum absolute atomic E-state index is 0.318. The van der Waals surface area contributed by atoms with Gasteiger partial charge in [-0.2, -0.15) is 0 Å². The van der Waals surface area contributed by atoms with Gasteiger partial charge in [-0.1, -0.05) is 33.1 Å². The first-order chi connectivity index (χ1) is 7.20. The average Bonchev–Trinajstić information content (AvgIpc) is 2.21. The van der Waals surface area contributed by atoms with E-state index in [0.29, 0.717) is 13.2 Å². The van der Waals surface area contributed by atoms with E-state index < -0.39 is 8.25 Å². The quantitative estimate of drug-likeness (QED) is 0.451. The van der Waals surface area contributed by atoms with E-state index in [1.807, 2.05) is 0 Å². The molecule has 0 aromatic heterocycles. The van der Waals surface area contributed by atoms with Crippen molar-refractivity contribution in [3.63, 3.8) is 0 Å². The van der Waals surface area contributed by atoms with Crippen molar-refractivity contribution < 1.29 is 14.0 Å². The summed E-state index contributed by atoms with van der Waals surface area (Å²) in [5, 5.41) is 3.24. The predicted molar refractivity (Wildman–Crippen MR) is 63.3 cm³/mol. The normalized spacial score (nSPS) is 15.1. The first-order valence-electron chi connectivity index (χ1n) is 5.77. The van der Waals surface area contributed by atoms with Gasteiger partial charge in [-0.25, -0.2) is 0 Å². The van der Waals surface area contributed by atoms with Crippen LogP contribution < -0.4 is 5.32 Å². The summed E-state index contributed by atoms with van der Waals surface area (Å²) in [5.41, 5.74) is 0. The first-order valence-corrected chi connectivity index (χ1v) is 7.03. The van der Waals surface area contributed by atoms with E-state index in [2.05, 4.69) is 23.7 Å². The van der Waals surface area contributed by atoms with Crippen molar-refractivity contribution in [2.75, 3.05) is 19.7 Å². The van der Waals surface area contributed by atoms with Crippen molar-refractivity contribution >= 4 is 8.25 Å². The average molecular weight is 237 g/mol. The second kappa shape index (κ2) is 10.6. The molecule has 0 aliphatic carbocycles. The smallest absolute Gasteiger partial charge is 0.316 e. The van der Waals surface area contributed by atoms with Crippen molar-refractivity contribution in [3.8, 4) is 0 Å². The van der Waals surface area contributed by atoms with Gasteiger partial charge >= 0.3 is 8.25 Å². The van der Waals surface area contributed by atoms with Gasteiger partial charge in [0.2, 0.25) is 0 Å². The van der Waals surface area contributed by atoms with Gasteiger partial charge in [0, 0.05) is 6.54 Å². The zero-order chi connectivity index (χ0) is 11.5. The zero-order valence-electron chi connectivity index (χ0n) is 9.79. The van der Waals surface area contributed by atoms with Gasteiger partial charge in [0.05, 0.1) is 6.61 Å². The molecule has 0 aliphatic heterocycles. The Morgan fingerprint density at radius 1 is 1.47 bits per heavy atom. The molecule has 0 amide bonds. The van der Waals surface area contributed by atoms with E-state index >= 15 is 0 Å². The molecule has 0 fully saturated rings. The summed E-state index contributed by atoms with van der Waals surface area (Å²) < 4.78 is 14.8. The van der Waals surface area contributed by atoms with E-state index in [0.717, 1.165) is 12.5 Å². The molecule has 0 spiro atoms. The molecule has 2 N–H and O–H groups in total. The van der Waals surface area contributed by atoms with Gasteiger partial charge in [0.15, 0.2) is 0 Å². The van der Waals surface area contributed by atoms with Crippen LogP contribution in [-0.4, -0.2) is 24.6 Å². The van der Waals surface area contributed by atoms with Crippen molar-refractivity contribution in [1.82, 2.24) is 5.32 Å². The summed E-state index contributed by atoms with van der Waals surface area (Å²) >= 11 is 0. The monoisotopic (exact) mass is 237 g/mol. The minimum atomic E-state index is -2.74. The molecule has 92 valence electrons. The standard InChI is InChI=1S/C10H24NO3P/c1-3-5-6-10(4-2)9-11-7-8-14-15(12)13/h10-11,15H,3-9H2,1-2H3,(H,12,13). The lowest BCUT2D eigenvalue weighted by Crippen LogP contribution is -2.25. The Bertz CT molecular complexity index is 167. The van der Waals surface area contributed by atoms with Gasteiger partial charge in [-0.05, 0) is 18.9 Å². The van der Waals surface area contributed by atoms with Crippen molar-refractivity contribution in [3.05, 3.63) is 0 Å². The summed E-state index contributed by atoms with van der Waals surface area (Å²) in [4.78, 5) is 8.42. The molecule has 0 aromatic carbocycles. The number of unbranched alkanes of at least 4 members (excludes halogenated alkanes) is 1. The number of nitrogens with one attached hydrogen (secondary N) is 1. The topological polar surface area (TPSA) is 58.6 Å². The van der Waals surface area contributed by atoms with Gasteiger partial charge in [-0.15, -0.1) is 0 Å². The van der Waals surface area contributed by atoms with Crippen LogP contribution in [0.3, 0.4) is 0 Å². The Morgan fingerprint density at radius 3 is 2.73 bits per heavy atom. The Balaban J connectivity index is 3.33. The highest BCUT2D eigenvalue weighted by Crippen LogP contribution is 2.13. The third-order valence-electron chi connectivity index (χ3n) is 2.48. The van der Waals surface area contributed by atoms with E-state index in [1.54, 1.807) is 0 Å². The fourth-order valence-corrected chi connectivity index (χ4v) is 1.74. The molecule has 2 atom stereocenters. The lowest BCUT2D eigenvalue weighted by atomic mass is 9.99. The number of rotatable bonds is 10. The fraction of sp³-hybridized carbons (Fsp3) is 1.00. The highest BCUT2D eigenvalue weighted by molar-refractivity contribution is 7.32. The van der Waals surface area contributed by atoms with E-state index in [-0.39, 0.29) is 0 Å². The fourth-order valence-electron chi connectivity index (χ4n) is 1.46. The minimum Gasteiger partial charge on any atom is -0.326 e. The molecule has 0 aromatic rings. The molecule has 0 radical (unpaired) electrons. The molecule has 0 rings (SSSR count). The molecule has 5 heteroatoms.